The number of nitrogens with zero attached hydrogens (tertiary/aromatic N) is 1. The monoisotopic (exact) mass is 430 g/mol. The summed E-state index contributed by atoms with van der Waals surface area (Å²) in [5.41, 5.74) is 2.01. The van der Waals surface area contributed by atoms with Crippen LogP contribution in [0.4, 0.5) is 11.4 Å². The van der Waals surface area contributed by atoms with Crippen molar-refractivity contribution in [3.05, 3.63) is 53.1 Å². The summed E-state index contributed by atoms with van der Waals surface area (Å²) in [6.07, 6.45) is 0.352. The molecule has 0 saturated carbocycles. The number of anilines is 2. The molecule has 2 aromatic carbocycles. The maximum atomic E-state index is 12.3. The maximum absolute atomic E-state index is 12.3. The molecule has 0 aromatic heterocycles. The van der Waals surface area contributed by atoms with Gasteiger partial charge in [-0.05, 0) is 50.1 Å². The lowest BCUT2D eigenvalue weighted by atomic mass is 10.2. The molecule has 1 saturated heterocycles. The smallest absolute Gasteiger partial charge is 0.344 e. The van der Waals surface area contributed by atoms with Gasteiger partial charge < -0.3 is 19.7 Å². The van der Waals surface area contributed by atoms with E-state index >= 15 is 0 Å². The van der Waals surface area contributed by atoms with Crippen LogP contribution in [0.15, 0.2) is 42.5 Å². The van der Waals surface area contributed by atoms with Gasteiger partial charge in [-0.3, -0.25) is 9.59 Å². The predicted octanol–water partition coefficient (Wildman–Crippen LogP) is 3.72. The van der Waals surface area contributed by atoms with E-state index in [9.17, 15) is 14.4 Å². The first-order valence-corrected chi connectivity index (χ1v) is 10.0. The first-order chi connectivity index (χ1) is 14.3. The van der Waals surface area contributed by atoms with Gasteiger partial charge in [0.2, 0.25) is 5.91 Å². The number of rotatable bonds is 7. The van der Waals surface area contributed by atoms with Crippen LogP contribution in [0.25, 0.3) is 0 Å². The number of carbonyl (C=O) groups is 3. The van der Waals surface area contributed by atoms with E-state index < -0.39 is 18.0 Å². The second kappa shape index (κ2) is 9.63. The SMILES string of the molecule is Cc1c(Cl)cccc1NC(=O)C(C)OC(=O)COc1cccc(N2CCCC2=O)c1. The summed E-state index contributed by atoms with van der Waals surface area (Å²) in [5.74, 6) is -0.636. The molecular weight excluding hydrogens is 408 g/mol. The second-order valence-electron chi connectivity index (χ2n) is 6.97. The molecule has 1 heterocycles. The Morgan fingerprint density at radius 3 is 2.73 bits per heavy atom. The number of hydrogen-bond donors (Lipinski definition) is 1. The van der Waals surface area contributed by atoms with Crippen molar-refractivity contribution in [1.29, 1.82) is 0 Å². The molecule has 1 atom stereocenters. The molecule has 158 valence electrons. The van der Waals surface area contributed by atoms with Crippen molar-refractivity contribution >= 4 is 40.8 Å². The number of nitrogens with one attached hydrogen (secondary N) is 1. The molecule has 2 amide bonds. The Morgan fingerprint density at radius 1 is 1.23 bits per heavy atom. The third kappa shape index (κ3) is 5.30. The van der Waals surface area contributed by atoms with Crippen molar-refractivity contribution in [2.75, 3.05) is 23.4 Å². The molecule has 8 heteroatoms. The van der Waals surface area contributed by atoms with Gasteiger partial charge in [0.15, 0.2) is 12.7 Å². The highest BCUT2D eigenvalue weighted by Gasteiger charge is 2.22. The number of amides is 2. The van der Waals surface area contributed by atoms with E-state index in [2.05, 4.69) is 5.32 Å². The van der Waals surface area contributed by atoms with E-state index in [1.54, 1.807) is 48.2 Å². The largest absolute Gasteiger partial charge is 0.482 e. The first-order valence-electron chi connectivity index (χ1n) is 9.64. The van der Waals surface area contributed by atoms with E-state index in [-0.39, 0.29) is 12.5 Å². The molecule has 0 bridgehead atoms. The standard InChI is InChI=1S/C22H23ClN2O5/c1-14-18(23)8-4-9-19(14)24-22(28)15(2)30-21(27)13-29-17-7-3-6-16(12-17)25-11-5-10-20(25)26/h3-4,6-9,12,15H,5,10-11,13H2,1-2H3,(H,24,28). The Kier molecular flexibility index (Phi) is 6.95. The lowest BCUT2D eigenvalue weighted by Gasteiger charge is -2.17. The topological polar surface area (TPSA) is 84.9 Å². The first kappa shape index (κ1) is 21.6. The second-order valence-corrected chi connectivity index (χ2v) is 7.38. The van der Waals surface area contributed by atoms with E-state index in [0.717, 1.165) is 17.7 Å². The van der Waals surface area contributed by atoms with Crippen LogP contribution in [0.1, 0.15) is 25.3 Å². The summed E-state index contributed by atoms with van der Waals surface area (Å²) < 4.78 is 10.6. The highest BCUT2D eigenvalue weighted by Crippen LogP contribution is 2.25. The molecule has 0 radical (unpaired) electrons. The van der Waals surface area contributed by atoms with Gasteiger partial charge in [0.25, 0.3) is 5.91 Å². The highest BCUT2D eigenvalue weighted by molar-refractivity contribution is 6.31. The Bertz CT molecular complexity index is 962. The highest BCUT2D eigenvalue weighted by atomic mass is 35.5. The summed E-state index contributed by atoms with van der Waals surface area (Å²) in [6, 6.07) is 12.1. The normalized spacial score (nSPS) is 14.4. The minimum atomic E-state index is -1.01. The molecule has 1 N–H and O–H groups in total. The van der Waals surface area contributed by atoms with Crippen molar-refractivity contribution in [2.24, 2.45) is 0 Å². The fourth-order valence-corrected chi connectivity index (χ4v) is 3.24. The van der Waals surface area contributed by atoms with Crippen molar-refractivity contribution < 1.29 is 23.9 Å². The molecule has 1 fully saturated rings. The Morgan fingerprint density at radius 2 is 2.00 bits per heavy atom. The number of hydrogen-bond acceptors (Lipinski definition) is 5. The van der Waals surface area contributed by atoms with Crippen molar-refractivity contribution in [2.45, 2.75) is 32.8 Å². The molecule has 30 heavy (non-hydrogen) atoms. The molecule has 0 aliphatic carbocycles. The third-order valence-electron chi connectivity index (χ3n) is 4.76. The van der Waals surface area contributed by atoms with Gasteiger partial charge in [0, 0.05) is 35.4 Å². The number of carbonyl (C=O) groups excluding carboxylic acids is 3. The van der Waals surface area contributed by atoms with Crippen LogP contribution in [0.3, 0.4) is 0 Å². The Hall–Kier alpha value is -3.06. The maximum Gasteiger partial charge on any atom is 0.344 e. The van der Waals surface area contributed by atoms with Crippen LogP contribution in [0, 0.1) is 6.92 Å². The number of esters is 1. The summed E-state index contributed by atoms with van der Waals surface area (Å²) in [7, 11) is 0. The fraction of sp³-hybridized carbons (Fsp3) is 0.318. The fourth-order valence-electron chi connectivity index (χ4n) is 3.07. The van der Waals surface area contributed by atoms with Crippen LogP contribution >= 0.6 is 11.6 Å². The van der Waals surface area contributed by atoms with E-state index in [1.165, 1.54) is 6.92 Å². The van der Waals surface area contributed by atoms with Crippen molar-refractivity contribution in [3.63, 3.8) is 0 Å². The number of benzene rings is 2. The summed E-state index contributed by atoms with van der Waals surface area (Å²) >= 11 is 6.05. The van der Waals surface area contributed by atoms with Gasteiger partial charge in [0.1, 0.15) is 5.75 Å². The van der Waals surface area contributed by atoms with E-state index in [4.69, 9.17) is 21.1 Å². The van der Waals surface area contributed by atoms with Crippen LogP contribution < -0.4 is 15.0 Å². The lowest BCUT2D eigenvalue weighted by Crippen LogP contribution is -2.31. The summed E-state index contributed by atoms with van der Waals surface area (Å²) in [4.78, 5) is 37.9. The molecule has 1 aliphatic heterocycles. The molecule has 2 aromatic rings. The molecule has 0 spiro atoms. The zero-order valence-corrected chi connectivity index (χ0v) is 17.6. The number of halogens is 1. The van der Waals surface area contributed by atoms with Crippen LogP contribution in [-0.2, 0) is 19.1 Å². The Balaban J connectivity index is 1.51. The van der Waals surface area contributed by atoms with E-state index in [0.29, 0.717) is 29.4 Å². The van der Waals surface area contributed by atoms with Crippen LogP contribution in [-0.4, -0.2) is 37.0 Å². The van der Waals surface area contributed by atoms with Gasteiger partial charge in [-0.1, -0.05) is 23.7 Å². The molecule has 1 unspecified atom stereocenters. The average Bonchev–Trinajstić information content (AvgIpc) is 3.16. The van der Waals surface area contributed by atoms with Crippen LogP contribution in [0.2, 0.25) is 5.02 Å². The minimum Gasteiger partial charge on any atom is -0.482 e. The molecule has 3 rings (SSSR count). The van der Waals surface area contributed by atoms with Gasteiger partial charge in [-0.25, -0.2) is 4.79 Å². The third-order valence-corrected chi connectivity index (χ3v) is 5.17. The minimum absolute atomic E-state index is 0.0707. The Labute approximate surface area is 179 Å². The van der Waals surface area contributed by atoms with Crippen molar-refractivity contribution in [1.82, 2.24) is 0 Å². The van der Waals surface area contributed by atoms with Crippen molar-refractivity contribution in [3.8, 4) is 5.75 Å². The quantitative estimate of drug-likeness (QED) is 0.676. The zero-order chi connectivity index (χ0) is 21.7. The van der Waals surface area contributed by atoms with Crippen LogP contribution in [0.5, 0.6) is 5.75 Å². The molecule has 7 nitrogen and oxygen atoms in total. The molecular formula is C22H23ClN2O5. The summed E-state index contributed by atoms with van der Waals surface area (Å²) in [6.45, 7) is 3.58. The van der Waals surface area contributed by atoms with Gasteiger partial charge in [-0.2, -0.15) is 0 Å². The van der Waals surface area contributed by atoms with Gasteiger partial charge >= 0.3 is 5.97 Å². The average molecular weight is 431 g/mol. The van der Waals surface area contributed by atoms with E-state index in [1.807, 2.05) is 6.07 Å². The van der Waals surface area contributed by atoms with Gasteiger partial charge in [0.05, 0.1) is 0 Å². The summed E-state index contributed by atoms with van der Waals surface area (Å²) in [5, 5.41) is 3.23. The predicted molar refractivity (Wildman–Crippen MR) is 114 cm³/mol. The lowest BCUT2D eigenvalue weighted by molar-refractivity contribution is -0.155. The molecule has 1 aliphatic rings. The van der Waals surface area contributed by atoms with Gasteiger partial charge in [-0.15, -0.1) is 0 Å². The zero-order valence-electron chi connectivity index (χ0n) is 16.8. The number of ether oxygens (including phenoxy) is 2.